The summed E-state index contributed by atoms with van der Waals surface area (Å²) in [5.41, 5.74) is 2.30. The first kappa shape index (κ1) is 9.52. The standard InChI is InChI=1S/C14H14N2/c1-2-5-13-15-12-7-4-3-6-11(12)14(16-13)10-8-9-10/h2-7,10H,8-9H2,1H3. The minimum Gasteiger partial charge on any atom is -0.233 e. The second-order valence-corrected chi connectivity index (χ2v) is 4.26. The molecule has 0 N–H and O–H groups in total. The molecule has 1 aromatic carbocycles. The smallest absolute Gasteiger partial charge is 0.152 e. The van der Waals surface area contributed by atoms with E-state index in [0.717, 1.165) is 11.3 Å². The molecule has 1 aromatic heterocycles. The number of rotatable bonds is 2. The summed E-state index contributed by atoms with van der Waals surface area (Å²) < 4.78 is 0. The molecule has 1 aliphatic rings. The van der Waals surface area contributed by atoms with Crippen molar-refractivity contribution in [2.24, 2.45) is 0 Å². The zero-order valence-electron chi connectivity index (χ0n) is 9.35. The molecule has 1 heterocycles. The fourth-order valence-corrected chi connectivity index (χ4v) is 2.01. The van der Waals surface area contributed by atoms with E-state index >= 15 is 0 Å². The summed E-state index contributed by atoms with van der Waals surface area (Å²) in [5.74, 6) is 1.50. The average Bonchev–Trinajstić information content (AvgIpc) is 3.12. The summed E-state index contributed by atoms with van der Waals surface area (Å²) in [4.78, 5) is 9.19. The van der Waals surface area contributed by atoms with Crippen LogP contribution in [0.5, 0.6) is 0 Å². The molecule has 0 bridgehead atoms. The molecule has 0 unspecified atom stereocenters. The first-order valence-electron chi connectivity index (χ1n) is 5.78. The van der Waals surface area contributed by atoms with Crippen LogP contribution in [0.15, 0.2) is 30.3 Å². The van der Waals surface area contributed by atoms with Gasteiger partial charge in [0.1, 0.15) is 0 Å². The van der Waals surface area contributed by atoms with Crippen molar-refractivity contribution in [3.05, 3.63) is 41.9 Å². The number of benzene rings is 1. The van der Waals surface area contributed by atoms with Crippen LogP contribution in [0.3, 0.4) is 0 Å². The van der Waals surface area contributed by atoms with E-state index in [9.17, 15) is 0 Å². The molecule has 0 atom stereocenters. The number of hydrogen-bond donors (Lipinski definition) is 0. The number of fused-ring (bicyclic) bond motifs is 1. The van der Waals surface area contributed by atoms with Gasteiger partial charge in [-0.1, -0.05) is 24.3 Å². The Hall–Kier alpha value is -1.70. The fourth-order valence-electron chi connectivity index (χ4n) is 2.01. The van der Waals surface area contributed by atoms with Gasteiger partial charge in [-0.15, -0.1) is 0 Å². The number of nitrogens with zero attached hydrogens (tertiary/aromatic N) is 2. The Morgan fingerprint density at radius 2 is 2.00 bits per heavy atom. The average molecular weight is 210 g/mol. The molecule has 1 aliphatic carbocycles. The predicted molar refractivity (Wildman–Crippen MR) is 66.2 cm³/mol. The highest BCUT2D eigenvalue weighted by Crippen LogP contribution is 2.41. The van der Waals surface area contributed by atoms with E-state index in [-0.39, 0.29) is 0 Å². The Balaban J connectivity index is 2.26. The van der Waals surface area contributed by atoms with Gasteiger partial charge in [-0.05, 0) is 31.9 Å². The van der Waals surface area contributed by atoms with E-state index in [4.69, 9.17) is 0 Å². The van der Waals surface area contributed by atoms with Crippen molar-refractivity contribution in [2.45, 2.75) is 25.7 Å². The Bertz CT molecular complexity index is 554. The number of para-hydroxylation sites is 1. The third-order valence-electron chi connectivity index (χ3n) is 2.93. The third kappa shape index (κ3) is 1.60. The summed E-state index contributed by atoms with van der Waals surface area (Å²) in [6.45, 7) is 2.00. The van der Waals surface area contributed by atoms with E-state index < -0.39 is 0 Å². The van der Waals surface area contributed by atoms with E-state index in [1.807, 2.05) is 25.1 Å². The van der Waals surface area contributed by atoms with Crippen LogP contribution in [0.4, 0.5) is 0 Å². The highest BCUT2D eigenvalue weighted by atomic mass is 14.9. The van der Waals surface area contributed by atoms with Gasteiger partial charge in [0.25, 0.3) is 0 Å². The van der Waals surface area contributed by atoms with Gasteiger partial charge in [0.2, 0.25) is 0 Å². The van der Waals surface area contributed by atoms with Gasteiger partial charge in [0.15, 0.2) is 5.82 Å². The van der Waals surface area contributed by atoms with Gasteiger partial charge < -0.3 is 0 Å². The fraction of sp³-hybridized carbons (Fsp3) is 0.286. The lowest BCUT2D eigenvalue weighted by Gasteiger charge is -2.05. The Morgan fingerprint density at radius 3 is 2.75 bits per heavy atom. The van der Waals surface area contributed by atoms with Crippen LogP contribution in [0, 0.1) is 0 Å². The number of aromatic nitrogens is 2. The predicted octanol–water partition coefficient (Wildman–Crippen LogP) is 3.54. The van der Waals surface area contributed by atoms with E-state index in [2.05, 4.69) is 28.2 Å². The van der Waals surface area contributed by atoms with E-state index in [1.165, 1.54) is 23.9 Å². The first-order chi connectivity index (χ1) is 7.88. The topological polar surface area (TPSA) is 25.8 Å². The molecular weight excluding hydrogens is 196 g/mol. The highest BCUT2D eigenvalue weighted by Gasteiger charge is 2.27. The van der Waals surface area contributed by atoms with Crippen LogP contribution in [0.1, 0.15) is 37.2 Å². The molecule has 0 spiro atoms. The van der Waals surface area contributed by atoms with Crippen LogP contribution < -0.4 is 0 Å². The largest absolute Gasteiger partial charge is 0.233 e. The van der Waals surface area contributed by atoms with Crippen molar-refractivity contribution in [1.29, 1.82) is 0 Å². The Labute approximate surface area is 95.0 Å². The maximum Gasteiger partial charge on any atom is 0.152 e. The molecule has 3 rings (SSSR count). The molecule has 2 nitrogen and oxygen atoms in total. The van der Waals surface area contributed by atoms with Crippen LogP contribution in [-0.2, 0) is 0 Å². The summed E-state index contributed by atoms with van der Waals surface area (Å²) in [5, 5.41) is 1.22. The molecular formula is C14H14N2. The minimum absolute atomic E-state index is 0.664. The molecule has 0 saturated heterocycles. The SMILES string of the molecule is CC=Cc1nc(C2CC2)c2ccccc2n1. The summed E-state index contributed by atoms with van der Waals surface area (Å²) in [6, 6.07) is 8.29. The summed E-state index contributed by atoms with van der Waals surface area (Å²) in [6.07, 6.45) is 6.51. The van der Waals surface area contributed by atoms with Crippen LogP contribution in [-0.4, -0.2) is 9.97 Å². The first-order valence-corrected chi connectivity index (χ1v) is 5.78. The van der Waals surface area contributed by atoms with Crippen LogP contribution in [0.2, 0.25) is 0 Å². The molecule has 0 aliphatic heterocycles. The van der Waals surface area contributed by atoms with Crippen molar-refractivity contribution in [3.63, 3.8) is 0 Å². The molecule has 0 radical (unpaired) electrons. The molecule has 0 amide bonds. The van der Waals surface area contributed by atoms with Crippen molar-refractivity contribution in [1.82, 2.24) is 9.97 Å². The highest BCUT2D eigenvalue weighted by molar-refractivity contribution is 5.82. The monoisotopic (exact) mass is 210 g/mol. The lowest BCUT2D eigenvalue weighted by molar-refractivity contribution is 1.01. The van der Waals surface area contributed by atoms with Gasteiger partial charge in [-0.25, -0.2) is 9.97 Å². The lowest BCUT2D eigenvalue weighted by Crippen LogP contribution is -1.96. The third-order valence-corrected chi connectivity index (χ3v) is 2.93. The van der Waals surface area contributed by atoms with E-state index in [0.29, 0.717) is 5.92 Å². The number of allylic oxidation sites excluding steroid dienone is 1. The zero-order chi connectivity index (χ0) is 11.0. The van der Waals surface area contributed by atoms with Crippen molar-refractivity contribution >= 4 is 17.0 Å². The number of hydrogen-bond acceptors (Lipinski definition) is 2. The van der Waals surface area contributed by atoms with Gasteiger partial charge in [-0.2, -0.15) is 0 Å². The molecule has 2 heteroatoms. The van der Waals surface area contributed by atoms with Gasteiger partial charge in [0, 0.05) is 11.3 Å². The summed E-state index contributed by atoms with van der Waals surface area (Å²) >= 11 is 0. The zero-order valence-corrected chi connectivity index (χ0v) is 9.35. The van der Waals surface area contributed by atoms with E-state index in [1.54, 1.807) is 0 Å². The quantitative estimate of drug-likeness (QED) is 0.757. The lowest BCUT2D eigenvalue weighted by atomic mass is 10.1. The minimum atomic E-state index is 0.664. The van der Waals surface area contributed by atoms with Crippen LogP contribution >= 0.6 is 0 Å². The molecule has 1 fully saturated rings. The van der Waals surface area contributed by atoms with Crippen molar-refractivity contribution in [3.8, 4) is 0 Å². The molecule has 80 valence electrons. The normalized spacial score (nSPS) is 16.1. The van der Waals surface area contributed by atoms with Crippen molar-refractivity contribution in [2.75, 3.05) is 0 Å². The second-order valence-electron chi connectivity index (χ2n) is 4.26. The molecule has 1 saturated carbocycles. The second kappa shape index (κ2) is 3.71. The Kier molecular flexibility index (Phi) is 2.21. The van der Waals surface area contributed by atoms with Crippen LogP contribution in [0.25, 0.3) is 17.0 Å². The van der Waals surface area contributed by atoms with Gasteiger partial charge in [0.05, 0.1) is 11.2 Å². The maximum atomic E-state index is 4.65. The van der Waals surface area contributed by atoms with Crippen molar-refractivity contribution < 1.29 is 0 Å². The molecule has 16 heavy (non-hydrogen) atoms. The van der Waals surface area contributed by atoms with Gasteiger partial charge in [-0.3, -0.25) is 0 Å². The summed E-state index contributed by atoms with van der Waals surface area (Å²) in [7, 11) is 0. The Morgan fingerprint density at radius 1 is 1.19 bits per heavy atom. The van der Waals surface area contributed by atoms with Gasteiger partial charge >= 0.3 is 0 Å². The molecule has 2 aromatic rings. The maximum absolute atomic E-state index is 4.65.